The molecule has 1 fully saturated rings. The normalized spacial score (nSPS) is 23.7. The van der Waals surface area contributed by atoms with Crippen molar-refractivity contribution in [2.75, 3.05) is 39.6 Å². The van der Waals surface area contributed by atoms with Gasteiger partial charge in [0, 0.05) is 24.0 Å². The molecule has 1 saturated carbocycles. The van der Waals surface area contributed by atoms with E-state index >= 15 is 0 Å². The molecule has 0 unspecified atom stereocenters. The number of hydrogen-bond acceptors (Lipinski definition) is 4. The van der Waals surface area contributed by atoms with Crippen molar-refractivity contribution in [1.82, 2.24) is 0 Å². The van der Waals surface area contributed by atoms with Gasteiger partial charge in [0.25, 0.3) is 0 Å². The Morgan fingerprint density at radius 1 is 0.727 bits per heavy atom. The van der Waals surface area contributed by atoms with Crippen LogP contribution in [-0.4, -0.2) is 49.9 Å². The summed E-state index contributed by atoms with van der Waals surface area (Å²) in [6.07, 6.45) is 4.82. The van der Waals surface area contributed by atoms with Crippen LogP contribution in [0.1, 0.15) is 53.4 Å². The lowest BCUT2D eigenvalue weighted by atomic mass is 9.83. The van der Waals surface area contributed by atoms with Crippen molar-refractivity contribution in [3.63, 3.8) is 0 Å². The molecular weight excluding hydrogens is 280 g/mol. The highest BCUT2D eigenvalue weighted by Gasteiger charge is 2.24. The molecule has 0 saturated heterocycles. The average molecular weight is 316 g/mol. The minimum atomic E-state index is -0.134. The molecule has 4 heteroatoms. The highest BCUT2D eigenvalue weighted by atomic mass is 16.5. The summed E-state index contributed by atoms with van der Waals surface area (Å²) in [5.41, 5.74) is -0.269. The smallest absolute Gasteiger partial charge is 0.0539 e. The zero-order valence-electron chi connectivity index (χ0n) is 14.9. The summed E-state index contributed by atoms with van der Waals surface area (Å²) in [5.74, 6) is 1.30. The highest BCUT2D eigenvalue weighted by Crippen LogP contribution is 2.30. The van der Waals surface area contributed by atoms with E-state index in [1.165, 1.54) is 25.7 Å². The minimum Gasteiger partial charge on any atom is -0.396 e. The summed E-state index contributed by atoms with van der Waals surface area (Å²) < 4.78 is 11.6. The Balaban J connectivity index is 2.11. The predicted octanol–water partition coefficient (Wildman–Crippen LogP) is 2.86. The second kappa shape index (κ2) is 9.21. The van der Waals surface area contributed by atoms with Gasteiger partial charge in [0.15, 0.2) is 0 Å². The van der Waals surface area contributed by atoms with Crippen LogP contribution in [0.25, 0.3) is 0 Å². The van der Waals surface area contributed by atoms with Gasteiger partial charge in [0.05, 0.1) is 26.4 Å². The van der Waals surface area contributed by atoms with Crippen LogP contribution in [0.2, 0.25) is 0 Å². The van der Waals surface area contributed by atoms with E-state index in [-0.39, 0.29) is 24.0 Å². The molecule has 1 aliphatic carbocycles. The first-order valence-electron chi connectivity index (χ1n) is 8.65. The van der Waals surface area contributed by atoms with Gasteiger partial charge in [-0.3, -0.25) is 0 Å². The average Bonchev–Trinajstić information content (AvgIpc) is 2.48. The molecule has 0 bridgehead atoms. The summed E-state index contributed by atoms with van der Waals surface area (Å²) in [5, 5.41) is 18.4. The molecule has 132 valence electrons. The van der Waals surface area contributed by atoms with Gasteiger partial charge in [0.1, 0.15) is 0 Å². The maximum atomic E-state index is 9.21. The van der Waals surface area contributed by atoms with Crippen LogP contribution in [0.3, 0.4) is 0 Å². The van der Waals surface area contributed by atoms with Crippen LogP contribution in [-0.2, 0) is 9.47 Å². The van der Waals surface area contributed by atoms with Crippen molar-refractivity contribution in [3.8, 4) is 0 Å². The lowest BCUT2D eigenvalue weighted by Crippen LogP contribution is -2.28. The van der Waals surface area contributed by atoms with E-state index in [0.29, 0.717) is 25.0 Å². The second-order valence-corrected chi connectivity index (χ2v) is 8.56. The quantitative estimate of drug-likeness (QED) is 0.651. The van der Waals surface area contributed by atoms with Gasteiger partial charge in [-0.05, 0) is 37.5 Å². The number of ether oxygens (including phenoxy) is 2. The number of rotatable bonds is 10. The molecule has 0 aromatic rings. The fraction of sp³-hybridized carbons (Fsp3) is 1.00. The largest absolute Gasteiger partial charge is 0.396 e. The molecule has 0 heterocycles. The maximum absolute atomic E-state index is 9.21. The molecule has 0 radical (unpaired) electrons. The zero-order valence-corrected chi connectivity index (χ0v) is 14.9. The SMILES string of the molecule is CC(C)(CO)COCC1CCC(COCC(C)(C)CO)CC1. The van der Waals surface area contributed by atoms with E-state index in [0.717, 1.165) is 13.2 Å². The molecule has 4 nitrogen and oxygen atoms in total. The van der Waals surface area contributed by atoms with Crippen LogP contribution >= 0.6 is 0 Å². The van der Waals surface area contributed by atoms with Crippen LogP contribution in [0.5, 0.6) is 0 Å². The molecule has 0 atom stereocenters. The van der Waals surface area contributed by atoms with Gasteiger partial charge < -0.3 is 19.7 Å². The minimum absolute atomic E-state index is 0.134. The van der Waals surface area contributed by atoms with E-state index in [9.17, 15) is 10.2 Å². The lowest BCUT2D eigenvalue weighted by molar-refractivity contribution is -0.0106. The van der Waals surface area contributed by atoms with Gasteiger partial charge in [-0.1, -0.05) is 27.7 Å². The van der Waals surface area contributed by atoms with Gasteiger partial charge in [-0.2, -0.15) is 0 Å². The van der Waals surface area contributed by atoms with Crippen LogP contribution in [0.4, 0.5) is 0 Å². The Labute approximate surface area is 136 Å². The standard InChI is InChI=1S/C18H36O4/c1-17(2,11-19)13-21-9-15-5-7-16(8-6-15)10-22-14-18(3,4)12-20/h15-16,19-20H,5-14H2,1-4H3. The molecule has 2 N–H and O–H groups in total. The van der Waals surface area contributed by atoms with Crippen LogP contribution in [0.15, 0.2) is 0 Å². The molecule has 0 aromatic carbocycles. The summed E-state index contributed by atoms with van der Waals surface area (Å²) in [7, 11) is 0. The van der Waals surface area contributed by atoms with E-state index in [1.807, 2.05) is 27.7 Å². The van der Waals surface area contributed by atoms with E-state index in [2.05, 4.69) is 0 Å². The lowest BCUT2D eigenvalue weighted by Gasteiger charge is -2.30. The van der Waals surface area contributed by atoms with Crippen molar-refractivity contribution in [3.05, 3.63) is 0 Å². The number of hydrogen-bond donors (Lipinski definition) is 2. The summed E-state index contributed by atoms with van der Waals surface area (Å²) in [6, 6.07) is 0. The Hall–Kier alpha value is -0.160. The van der Waals surface area contributed by atoms with E-state index < -0.39 is 0 Å². The molecule has 0 amide bonds. The monoisotopic (exact) mass is 316 g/mol. The molecule has 0 spiro atoms. The first-order chi connectivity index (χ1) is 10.3. The molecule has 0 aromatic heterocycles. The first-order valence-corrected chi connectivity index (χ1v) is 8.65. The molecule has 1 aliphatic rings. The molecule has 1 rings (SSSR count). The van der Waals surface area contributed by atoms with Crippen molar-refractivity contribution in [1.29, 1.82) is 0 Å². The molecule has 0 aliphatic heterocycles. The summed E-state index contributed by atoms with van der Waals surface area (Å²) in [4.78, 5) is 0. The number of aliphatic hydroxyl groups is 2. The van der Waals surface area contributed by atoms with Crippen LogP contribution < -0.4 is 0 Å². The topological polar surface area (TPSA) is 58.9 Å². The maximum Gasteiger partial charge on any atom is 0.0539 e. The van der Waals surface area contributed by atoms with Gasteiger partial charge in [-0.15, -0.1) is 0 Å². The fourth-order valence-electron chi connectivity index (χ4n) is 2.66. The Bertz CT molecular complexity index is 263. The van der Waals surface area contributed by atoms with Crippen molar-refractivity contribution >= 4 is 0 Å². The third-order valence-electron chi connectivity index (χ3n) is 4.52. The van der Waals surface area contributed by atoms with Gasteiger partial charge in [-0.25, -0.2) is 0 Å². The Morgan fingerprint density at radius 3 is 1.32 bits per heavy atom. The van der Waals surface area contributed by atoms with Crippen molar-refractivity contribution in [2.45, 2.75) is 53.4 Å². The Morgan fingerprint density at radius 2 is 1.05 bits per heavy atom. The van der Waals surface area contributed by atoms with E-state index in [1.54, 1.807) is 0 Å². The van der Waals surface area contributed by atoms with Crippen LogP contribution in [0, 0.1) is 22.7 Å². The molecular formula is C18H36O4. The first kappa shape index (κ1) is 19.9. The Kier molecular flexibility index (Phi) is 8.33. The zero-order chi connectivity index (χ0) is 16.6. The highest BCUT2D eigenvalue weighted by molar-refractivity contribution is 4.74. The van der Waals surface area contributed by atoms with Gasteiger partial charge >= 0.3 is 0 Å². The van der Waals surface area contributed by atoms with Gasteiger partial charge in [0.2, 0.25) is 0 Å². The fourth-order valence-corrected chi connectivity index (χ4v) is 2.66. The second-order valence-electron chi connectivity index (χ2n) is 8.56. The number of aliphatic hydroxyl groups excluding tert-OH is 2. The summed E-state index contributed by atoms with van der Waals surface area (Å²) in [6.45, 7) is 11.3. The third-order valence-corrected chi connectivity index (χ3v) is 4.52. The summed E-state index contributed by atoms with van der Waals surface area (Å²) >= 11 is 0. The molecule has 22 heavy (non-hydrogen) atoms. The van der Waals surface area contributed by atoms with Crippen molar-refractivity contribution < 1.29 is 19.7 Å². The third kappa shape index (κ3) is 7.91. The predicted molar refractivity (Wildman–Crippen MR) is 88.8 cm³/mol. The van der Waals surface area contributed by atoms with Crippen molar-refractivity contribution in [2.24, 2.45) is 22.7 Å². The van der Waals surface area contributed by atoms with E-state index in [4.69, 9.17) is 9.47 Å².